The molecule has 0 spiro atoms. The third-order valence-electron chi connectivity index (χ3n) is 3.23. The van der Waals surface area contributed by atoms with Gasteiger partial charge in [-0.2, -0.15) is 13.2 Å². The van der Waals surface area contributed by atoms with Crippen LogP contribution in [-0.4, -0.2) is 22.4 Å². The Morgan fingerprint density at radius 1 is 1.44 bits per heavy atom. The van der Waals surface area contributed by atoms with Crippen LogP contribution in [0.1, 0.15) is 31.7 Å². The molecule has 1 N–H and O–H groups in total. The van der Waals surface area contributed by atoms with Crippen molar-refractivity contribution in [3.8, 4) is 5.75 Å². The molecule has 0 aliphatic heterocycles. The second kappa shape index (κ2) is 4.42. The Labute approximate surface area is 103 Å². The van der Waals surface area contributed by atoms with E-state index in [9.17, 15) is 18.3 Å². The lowest BCUT2D eigenvalue weighted by molar-refractivity contribution is -0.190. The van der Waals surface area contributed by atoms with Crippen LogP contribution in [0.4, 0.5) is 13.2 Å². The molecule has 1 aliphatic rings. The highest BCUT2D eigenvalue weighted by atomic mass is 19.4. The number of nitrogens with zero attached hydrogens (tertiary/aromatic N) is 1. The van der Waals surface area contributed by atoms with Crippen LogP contribution in [0.15, 0.2) is 18.5 Å². The molecule has 100 valence electrons. The minimum absolute atomic E-state index is 0.0528. The average Bonchev–Trinajstić information content (AvgIpc) is 2.25. The molecule has 2 rings (SSSR count). The molecule has 1 aromatic heterocycles. The summed E-state index contributed by atoms with van der Waals surface area (Å²) < 4.78 is 42.3. The molecule has 1 heterocycles. The summed E-state index contributed by atoms with van der Waals surface area (Å²) in [7, 11) is 0. The lowest BCUT2D eigenvalue weighted by Crippen LogP contribution is -2.36. The van der Waals surface area contributed by atoms with Crippen LogP contribution in [0.5, 0.6) is 5.75 Å². The fourth-order valence-electron chi connectivity index (χ4n) is 1.87. The van der Waals surface area contributed by atoms with Gasteiger partial charge in [-0.05, 0) is 32.3 Å². The van der Waals surface area contributed by atoms with Gasteiger partial charge >= 0.3 is 6.18 Å². The molecule has 1 atom stereocenters. The molecule has 1 aromatic rings. The van der Waals surface area contributed by atoms with Gasteiger partial charge in [-0.1, -0.05) is 0 Å². The lowest BCUT2D eigenvalue weighted by atomic mass is 9.75. The topological polar surface area (TPSA) is 42.4 Å². The summed E-state index contributed by atoms with van der Waals surface area (Å²) in [5, 5.41) is 10.2. The molecule has 18 heavy (non-hydrogen) atoms. The van der Waals surface area contributed by atoms with Crippen LogP contribution in [0.3, 0.4) is 0 Å². The highest BCUT2D eigenvalue weighted by Crippen LogP contribution is 2.44. The van der Waals surface area contributed by atoms with E-state index in [1.165, 1.54) is 18.5 Å². The van der Waals surface area contributed by atoms with E-state index in [1.54, 1.807) is 0 Å². The van der Waals surface area contributed by atoms with Crippen molar-refractivity contribution in [3.63, 3.8) is 0 Å². The van der Waals surface area contributed by atoms with Crippen LogP contribution in [0.25, 0.3) is 0 Å². The predicted molar refractivity (Wildman–Crippen MR) is 58.1 cm³/mol. The molecule has 0 unspecified atom stereocenters. The highest BCUT2D eigenvalue weighted by Gasteiger charge is 2.42. The van der Waals surface area contributed by atoms with Crippen LogP contribution >= 0.6 is 0 Å². The van der Waals surface area contributed by atoms with Crippen molar-refractivity contribution in [3.05, 3.63) is 24.0 Å². The molecule has 1 fully saturated rings. The fraction of sp³-hybridized carbons (Fsp3) is 0.583. The summed E-state index contributed by atoms with van der Waals surface area (Å²) in [6.45, 7) is 0.940. The second-order valence-corrected chi connectivity index (χ2v) is 4.56. The summed E-state index contributed by atoms with van der Waals surface area (Å²) in [5.41, 5.74) is -0.748. The normalized spacial score (nSPS) is 20.1. The Bertz CT molecular complexity index is 430. The zero-order valence-electron chi connectivity index (χ0n) is 9.87. The SMILES string of the molecule is C[C@H](Oc1ccncc1C1(O)CCC1)C(F)(F)F. The maximum absolute atomic E-state index is 12.5. The Balaban J connectivity index is 2.23. The Morgan fingerprint density at radius 3 is 2.61 bits per heavy atom. The van der Waals surface area contributed by atoms with Crippen molar-refractivity contribution < 1.29 is 23.0 Å². The minimum Gasteiger partial charge on any atom is -0.481 e. The molecule has 0 radical (unpaired) electrons. The minimum atomic E-state index is -4.43. The van der Waals surface area contributed by atoms with E-state index in [1.807, 2.05) is 0 Å². The molecular formula is C12H14F3NO2. The van der Waals surface area contributed by atoms with Crippen LogP contribution in [-0.2, 0) is 5.60 Å². The quantitative estimate of drug-likeness (QED) is 0.909. The summed E-state index contributed by atoms with van der Waals surface area (Å²) in [5.74, 6) is 0.0528. The number of aromatic nitrogens is 1. The third-order valence-corrected chi connectivity index (χ3v) is 3.23. The molecule has 0 aromatic carbocycles. The highest BCUT2D eigenvalue weighted by molar-refractivity contribution is 5.36. The first-order valence-corrected chi connectivity index (χ1v) is 5.73. The van der Waals surface area contributed by atoms with Gasteiger partial charge < -0.3 is 9.84 Å². The summed E-state index contributed by atoms with van der Waals surface area (Å²) in [4.78, 5) is 3.84. The zero-order chi connectivity index (χ0) is 13.4. The molecular weight excluding hydrogens is 247 g/mol. The van der Waals surface area contributed by atoms with Gasteiger partial charge in [-0.3, -0.25) is 4.98 Å². The van der Waals surface area contributed by atoms with Crippen molar-refractivity contribution in [1.29, 1.82) is 0 Å². The van der Waals surface area contributed by atoms with Gasteiger partial charge in [0, 0.05) is 18.0 Å². The number of alkyl halides is 3. The van der Waals surface area contributed by atoms with Gasteiger partial charge in [-0.15, -0.1) is 0 Å². The van der Waals surface area contributed by atoms with Crippen molar-refractivity contribution in [2.45, 2.75) is 44.1 Å². The van der Waals surface area contributed by atoms with Crippen molar-refractivity contribution in [2.75, 3.05) is 0 Å². The number of ether oxygens (including phenoxy) is 1. The maximum atomic E-state index is 12.5. The zero-order valence-corrected chi connectivity index (χ0v) is 9.87. The first kappa shape index (κ1) is 13.1. The van der Waals surface area contributed by atoms with E-state index in [2.05, 4.69) is 4.98 Å². The molecule has 1 saturated carbocycles. The van der Waals surface area contributed by atoms with Gasteiger partial charge in [0.05, 0.1) is 5.60 Å². The maximum Gasteiger partial charge on any atom is 0.425 e. The van der Waals surface area contributed by atoms with Gasteiger partial charge in [0.25, 0.3) is 0 Å². The summed E-state index contributed by atoms with van der Waals surface area (Å²) in [6.07, 6.45) is -1.73. The third kappa shape index (κ3) is 2.43. The van der Waals surface area contributed by atoms with E-state index >= 15 is 0 Å². The molecule has 0 saturated heterocycles. The van der Waals surface area contributed by atoms with Crippen LogP contribution in [0.2, 0.25) is 0 Å². The average molecular weight is 261 g/mol. The number of halogens is 3. The van der Waals surface area contributed by atoms with Gasteiger partial charge in [-0.25, -0.2) is 0 Å². The summed E-state index contributed by atoms with van der Waals surface area (Å²) >= 11 is 0. The van der Waals surface area contributed by atoms with Crippen molar-refractivity contribution in [1.82, 2.24) is 4.98 Å². The fourth-order valence-corrected chi connectivity index (χ4v) is 1.87. The van der Waals surface area contributed by atoms with Crippen LogP contribution in [0, 0.1) is 0 Å². The number of hydrogen-bond donors (Lipinski definition) is 1. The van der Waals surface area contributed by atoms with Gasteiger partial charge in [0.2, 0.25) is 0 Å². The Morgan fingerprint density at radius 2 is 2.11 bits per heavy atom. The smallest absolute Gasteiger partial charge is 0.425 e. The van der Waals surface area contributed by atoms with E-state index in [0.717, 1.165) is 13.3 Å². The summed E-state index contributed by atoms with van der Waals surface area (Å²) in [6, 6.07) is 1.36. The Kier molecular flexibility index (Phi) is 3.23. The molecule has 6 heteroatoms. The second-order valence-electron chi connectivity index (χ2n) is 4.56. The predicted octanol–water partition coefficient (Wildman–Crippen LogP) is 2.78. The molecule has 0 bridgehead atoms. The largest absolute Gasteiger partial charge is 0.481 e. The molecule has 1 aliphatic carbocycles. The van der Waals surface area contributed by atoms with Crippen molar-refractivity contribution >= 4 is 0 Å². The standard InChI is InChI=1S/C12H14F3NO2/c1-8(12(13,14)15)18-10-3-6-16-7-9(10)11(17)4-2-5-11/h3,6-8,17H,2,4-5H2,1H3/t8-/m0/s1. The van der Waals surface area contributed by atoms with E-state index < -0.39 is 17.9 Å². The van der Waals surface area contributed by atoms with Crippen molar-refractivity contribution in [2.24, 2.45) is 0 Å². The Hall–Kier alpha value is -1.30. The first-order valence-electron chi connectivity index (χ1n) is 5.73. The molecule has 3 nitrogen and oxygen atoms in total. The lowest BCUT2D eigenvalue weighted by Gasteiger charge is -2.37. The van der Waals surface area contributed by atoms with Crippen LogP contribution < -0.4 is 4.74 Å². The first-order chi connectivity index (χ1) is 8.33. The number of rotatable bonds is 3. The van der Waals surface area contributed by atoms with Gasteiger partial charge in [0.1, 0.15) is 5.75 Å². The number of aliphatic hydroxyl groups is 1. The van der Waals surface area contributed by atoms with E-state index in [4.69, 9.17) is 4.74 Å². The molecule has 0 amide bonds. The number of pyridine rings is 1. The van der Waals surface area contributed by atoms with E-state index in [0.29, 0.717) is 18.4 Å². The monoisotopic (exact) mass is 261 g/mol. The van der Waals surface area contributed by atoms with Gasteiger partial charge in [0.15, 0.2) is 6.10 Å². The van der Waals surface area contributed by atoms with E-state index in [-0.39, 0.29) is 5.75 Å². The number of hydrogen-bond acceptors (Lipinski definition) is 3.